The van der Waals surface area contributed by atoms with Crippen molar-refractivity contribution in [1.82, 2.24) is 4.57 Å². The van der Waals surface area contributed by atoms with Crippen LogP contribution in [0, 0.1) is 0 Å². The summed E-state index contributed by atoms with van der Waals surface area (Å²) in [7, 11) is 0. The maximum absolute atomic E-state index is 2.41. The van der Waals surface area contributed by atoms with E-state index in [1.807, 2.05) is 0 Å². The van der Waals surface area contributed by atoms with Gasteiger partial charge in [0.05, 0.1) is 11.0 Å². The first-order valence-electron chi connectivity index (χ1n) is 15.4. The quantitative estimate of drug-likeness (QED) is 0.202. The average Bonchev–Trinajstić information content (AvgIpc) is 3.53. The van der Waals surface area contributed by atoms with Crippen molar-refractivity contribution in [2.24, 2.45) is 0 Å². The molecule has 9 rings (SSSR count). The molecule has 0 radical (unpaired) electrons. The molecule has 208 valence electrons. The molecule has 0 bridgehead atoms. The molecule has 0 unspecified atom stereocenters. The topological polar surface area (TPSA) is 4.93 Å². The van der Waals surface area contributed by atoms with E-state index in [0.29, 0.717) is 0 Å². The molecule has 1 aliphatic rings. The van der Waals surface area contributed by atoms with Crippen LogP contribution in [0.15, 0.2) is 152 Å². The number of rotatable bonds is 3. The van der Waals surface area contributed by atoms with E-state index in [0.717, 1.165) is 0 Å². The molecule has 0 spiro atoms. The first-order valence-corrected chi connectivity index (χ1v) is 15.4. The Morgan fingerprint density at radius 1 is 0.409 bits per heavy atom. The van der Waals surface area contributed by atoms with Gasteiger partial charge in [-0.15, -0.1) is 0 Å². The van der Waals surface area contributed by atoms with E-state index in [-0.39, 0.29) is 5.41 Å². The van der Waals surface area contributed by atoms with Crippen LogP contribution < -0.4 is 0 Å². The summed E-state index contributed by atoms with van der Waals surface area (Å²) < 4.78 is 2.41. The van der Waals surface area contributed by atoms with E-state index in [2.05, 4.69) is 170 Å². The highest BCUT2D eigenvalue weighted by atomic mass is 15.0. The smallest absolute Gasteiger partial charge is 0.0541 e. The molecule has 0 aliphatic heterocycles. The zero-order valence-corrected chi connectivity index (χ0v) is 24.9. The molecule has 8 aromatic rings. The molecule has 1 heteroatoms. The second-order valence-corrected chi connectivity index (χ2v) is 12.6. The Labute approximate surface area is 257 Å². The lowest BCUT2D eigenvalue weighted by Crippen LogP contribution is -2.14. The van der Waals surface area contributed by atoms with Gasteiger partial charge in [0, 0.05) is 21.9 Å². The lowest BCUT2D eigenvalue weighted by atomic mass is 9.82. The number of fused-ring (bicyclic) bond motifs is 7. The summed E-state index contributed by atoms with van der Waals surface area (Å²) in [5, 5.41) is 5.10. The Bertz CT molecular complexity index is 2400. The SMILES string of the molecule is CC1(C)c2ccccc2-c2cc(-c3ccc4c(c3)c3ccccc3n4-c3ccc(-c4cccc5ccccc45)cc3)ccc21. The number of hydrogen-bond acceptors (Lipinski definition) is 0. The van der Waals surface area contributed by atoms with E-state index in [1.54, 1.807) is 0 Å². The van der Waals surface area contributed by atoms with Crippen LogP contribution in [-0.4, -0.2) is 4.57 Å². The van der Waals surface area contributed by atoms with Crippen molar-refractivity contribution in [1.29, 1.82) is 0 Å². The Kier molecular flexibility index (Phi) is 5.31. The zero-order chi connectivity index (χ0) is 29.4. The number of benzene rings is 7. The lowest BCUT2D eigenvalue weighted by Gasteiger charge is -2.21. The van der Waals surface area contributed by atoms with Gasteiger partial charge in [-0.1, -0.05) is 129 Å². The number of para-hydroxylation sites is 1. The van der Waals surface area contributed by atoms with Crippen LogP contribution >= 0.6 is 0 Å². The van der Waals surface area contributed by atoms with Gasteiger partial charge in [-0.3, -0.25) is 0 Å². The van der Waals surface area contributed by atoms with E-state index in [4.69, 9.17) is 0 Å². The molecule has 1 nitrogen and oxygen atoms in total. The summed E-state index contributed by atoms with van der Waals surface area (Å²) >= 11 is 0. The molecule has 0 N–H and O–H groups in total. The third-order valence-electron chi connectivity index (χ3n) is 9.82. The van der Waals surface area contributed by atoms with Gasteiger partial charge < -0.3 is 4.57 Å². The summed E-state index contributed by atoms with van der Waals surface area (Å²) in [5.74, 6) is 0. The predicted molar refractivity (Wildman–Crippen MR) is 187 cm³/mol. The minimum Gasteiger partial charge on any atom is -0.309 e. The maximum Gasteiger partial charge on any atom is 0.0541 e. The van der Waals surface area contributed by atoms with Crippen LogP contribution in [0.4, 0.5) is 0 Å². The minimum atomic E-state index is 0.0188. The highest BCUT2D eigenvalue weighted by molar-refractivity contribution is 6.10. The molecule has 1 aromatic heterocycles. The molecule has 0 fully saturated rings. The minimum absolute atomic E-state index is 0.0188. The van der Waals surface area contributed by atoms with Crippen LogP contribution in [0.3, 0.4) is 0 Å². The second-order valence-electron chi connectivity index (χ2n) is 12.6. The van der Waals surface area contributed by atoms with E-state index < -0.39 is 0 Å². The third-order valence-corrected chi connectivity index (χ3v) is 9.82. The molecule has 1 heterocycles. The van der Waals surface area contributed by atoms with Crippen molar-refractivity contribution >= 4 is 32.6 Å². The molecule has 1 aliphatic carbocycles. The van der Waals surface area contributed by atoms with Crippen LogP contribution in [0.1, 0.15) is 25.0 Å². The standard InChI is InChI=1S/C43H31N/c1-43(2)39-16-7-5-13-35(39)37-26-30(20-24-40(37)43)31-21-25-42-38(27-31)36-14-6-8-17-41(36)44(42)32-22-18-29(19-23-32)34-15-9-11-28-10-3-4-12-33(28)34/h3-27H,1-2H3. The van der Waals surface area contributed by atoms with E-state index >= 15 is 0 Å². The van der Waals surface area contributed by atoms with Crippen molar-refractivity contribution < 1.29 is 0 Å². The number of aromatic nitrogens is 1. The largest absolute Gasteiger partial charge is 0.309 e. The molecule has 7 aromatic carbocycles. The van der Waals surface area contributed by atoms with Crippen molar-refractivity contribution in [3.8, 4) is 39.1 Å². The fourth-order valence-electron chi connectivity index (χ4n) is 7.60. The van der Waals surface area contributed by atoms with Gasteiger partial charge in [-0.25, -0.2) is 0 Å². The van der Waals surface area contributed by atoms with Crippen molar-refractivity contribution in [3.05, 3.63) is 163 Å². The van der Waals surface area contributed by atoms with Gasteiger partial charge in [-0.05, 0) is 91.7 Å². The van der Waals surface area contributed by atoms with Gasteiger partial charge in [-0.2, -0.15) is 0 Å². The molecule has 0 amide bonds. The Morgan fingerprint density at radius 2 is 1.02 bits per heavy atom. The van der Waals surface area contributed by atoms with Crippen molar-refractivity contribution in [3.63, 3.8) is 0 Å². The zero-order valence-electron chi connectivity index (χ0n) is 24.9. The lowest BCUT2D eigenvalue weighted by molar-refractivity contribution is 0.660. The van der Waals surface area contributed by atoms with Crippen LogP contribution in [-0.2, 0) is 5.41 Å². The summed E-state index contributed by atoms with van der Waals surface area (Å²) in [6.07, 6.45) is 0. The fourth-order valence-corrected chi connectivity index (χ4v) is 7.60. The molecule has 0 saturated heterocycles. The molecule has 0 atom stereocenters. The summed E-state index contributed by atoms with van der Waals surface area (Å²) in [6.45, 7) is 4.68. The summed E-state index contributed by atoms with van der Waals surface area (Å²) in [5.41, 5.74) is 14.2. The fraction of sp³-hybridized carbons (Fsp3) is 0.0698. The summed E-state index contributed by atoms with van der Waals surface area (Å²) in [6, 6.07) is 55.9. The van der Waals surface area contributed by atoms with Gasteiger partial charge in [0.25, 0.3) is 0 Å². The van der Waals surface area contributed by atoms with Crippen molar-refractivity contribution in [2.75, 3.05) is 0 Å². The molecular weight excluding hydrogens is 530 g/mol. The average molecular weight is 562 g/mol. The number of hydrogen-bond donors (Lipinski definition) is 0. The Morgan fingerprint density at radius 3 is 1.91 bits per heavy atom. The molecular formula is C43H31N. The van der Waals surface area contributed by atoms with Crippen molar-refractivity contribution in [2.45, 2.75) is 19.3 Å². The first kappa shape index (κ1) is 25.1. The number of nitrogens with zero attached hydrogens (tertiary/aromatic N) is 1. The molecule has 44 heavy (non-hydrogen) atoms. The normalized spacial score (nSPS) is 13.4. The second kappa shape index (κ2) is 9.30. The van der Waals surface area contributed by atoms with Crippen LogP contribution in [0.2, 0.25) is 0 Å². The Hall–Kier alpha value is -5.40. The predicted octanol–water partition coefficient (Wildman–Crippen LogP) is 11.6. The maximum atomic E-state index is 2.41. The van der Waals surface area contributed by atoms with Crippen LogP contribution in [0.5, 0.6) is 0 Å². The highest BCUT2D eigenvalue weighted by Crippen LogP contribution is 2.49. The first-order chi connectivity index (χ1) is 21.6. The van der Waals surface area contributed by atoms with E-state index in [9.17, 15) is 0 Å². The van der Waals surface area contributed by atoms with Gasteiger partial charge in [0.2, 0.25) is 0 Å². The van der Waals surface area contributed by atoms with Gasteiger partial charge >= 0.3 is 0 Å². The monoisotopic (exact) mass is 561 g/mol. The van der Waals surface area contributed by atoms with Gasteiger partial charge in [0.15, 0.2) is 0 Å². The van der Waals surface area contributed by atoms with Gasteiger partial charge in [0.1, 0.15) is 0 Å². The van der Waals surface area contributed by atoms with E-state index in [1.165, 1.54) is 82.8 Å². The highest BCUT2D eigenvalue weighted by Gasteiger charge is 2.35. The third kappa shape index (κ3) is 3.59. The Balaban J connectivity index is 1.17. The summed E-state index contributed by atoms with van der Waals surface area (Å²) in [4.78, 5) is 0. The molecule has 0 saturated carbocycles. The van der Waals surface area contributed by atoms with Crippen LogP contribution in [0.25, 0.3) is 71.6 Å².